The summed E-state index contributed by atoms with van der Waals surface area (Å²) in [6.45, 7) is 2.93. The Kier molecular flexibility index (Phi) is 5.26. The van der Waals surface area contributed by atoms with Crippen LogP contribution < -0.4 is 10.5 Å². The van der Waals surface area contributed by atoms with Gasteiger partial charge in [-0.2, -0.15) is 0 Å². The van der Waals surface area contributed by atoms with E-state index < -0.39 is 0 Å². The molecule has 106 valence electrons. The summed E-state index contributed by atoms with van der Waals surface area (Å²) in [5, 5.41) is 0. The maximum atomic E-state index is 6.10. The molecule has 0 heterocycles. The molecule has 19 heavy (non-hydrogen) atoms. The van der Waals surface area contributed by atoms with Crippen LogP contribution >= 0.6 is 0 Å². The van der Waals surface area contributed by atoms with Gasteiger partial charge in [0.2, 0.25) is 0 Å². The van der Waals surface area contributed by atoms with Gasteiger partial charge in [-0.3, -0.25) is 0 Å². The maximum Gasteiger partial charge on any atom is 0.122 e. The molecule has 1 aromatic carbocycles. The fraction of sp³-hybridized carbons (Fsp3) is 0.647. The van der Waals surface area contributed by atoms with Crippen LogP contribution in [-0.4, -0.2) is 13.7 Å². The van der Waals surface area contributed by atoms with Crippen LogP contribution in [0.1, 0.15) is 56.1 Å². The van der Waals surface area contributed by atoms with Crippen LogP contribution in [0.25, 0.3) is 0 Å². The van der Waals surface area contributed by atoms with Gasteiger partial charge in [0.25, 0.3) is 0 Å². The summed E-state index contributed by atoms with van der Waals surface area (Å²) in [4.78, 5) is 0. The normalized spacial score (nSPS) is 18.3. The van der Waals surface area contributed by atoms with Crippen LogP contribution in [0.5, 0.6) is 5.75 Å². The van der Waals surface area contributed by atoms with E-state index in [1.165, 1.54) is 43.2 Å². The largest absolute Gasteiger partial charge is 0.496 e. The van der Waals surface area contributed by atoms with E-state index in [-0.39, 0.29) is 0 Å². The van der Waals surface area contributed by atoms with Crippen molar-refractivity contribution in [2.45, 2.75) is 51.4 Å². The third kappa shape index (κ3) is 3.30. The number of benzene rings is 1. The molecule has 1 unspecified atom stereocenters. The molecule has 1 aromatic rings. The van der Waals surface area contributed by atoms with Gasteiger partial charge in [-0.05, 0) is 48.9 Å². The first-order chi connectivity index (χ1) is 9.30. The van der Waals surface area contributed by atoms with Crippen LogP contribution in [0.3, 0.4) is 0 Å². The zero-order chi connectivity index (χ0) is 13.7. The highest BCUT2D eigenvalue weighted by Gasteiger charge is 2.26. The van der Waals surface area contributed by atoms with Gasteiger partial charge in [-0.15, -0.1) is 0 Å². The van der Waals surface area contributed by atoms with E-state index in [0.29, 0.717) is 5.92 Å². The smallest absolute Gasteiger partial charge is 0.122 e. The SMILES string of the molecule is CCc1ccc(OC)c(C(CN)C2CCCCC2)c1. The van der Waals surface area contributed by atoms with E-state index in [1.807, 2.05) is 0 Å². The number of nitrogens with two attached hydrogens (primary N) is 1. The molecular formula is C17H27NO. The lowest BCUT2D eigenvalue weighted by atomic mass is 9.76. The van der Waals surface area contributed by atoms with Crippen LogP contribution in [0.4, 0.5) is 0 Å². The fourth-order valence-electron chi connectivity index (χ4n) is 3.40. The molecule has 1 aliphatic rings. The van der Waals surface area contributed by atoms with Crippen molar-refractivity contribution in [3.8, 4) is 5.75 Å². The molecule has 1 fully saturated rings. The summed E-state index contributed by atoms with van der Waals surface area (Å²) in [7, 11) is 1.76. The molecule has 1 saturated carbocycles. The Morgan fingerprint density at radius 1 is 1.26 bits per heavy atom. The number of rotatable bonds is 5. The predicted molar refractivity (Wildman–Crippen MR) is 80.7 cm³/mol. The monoisotopic (exact) mass is 261 g/mol. The van der Waals surface area contributed by atoms with E-state index in [0.717, 1.165) is 24.6 Å². The Labute approximate surface area is 117 Å². The quantitative estimate of drug-likeness (QED) is 0.873. The van der Waals surface area contributed by atoms with Crippen molar-refractivity contribution < 1.29 is 4.74 Å². The molecule has 0 amide bonds. The van der Waals surface area contributed by atoms with Gasteiger partial charge in [0, 0.05) is 5.92 Å². The Bertz CT molecular complexity index is 396. The minimum absolute atomic E-state index is 0.460. The summed E-state index contributed by atoms with van der Waals surface area (Å²) >= 11 is 0. The van der Waals surface area contributed by atoms with E-state index >= 15 is 0 Å². The van der Waals surface area contributed by atoms with Crippen LogP contribution in [0.2, 0.25) is 0 Å². The van der Waals surface area contributed by atoms with Crippen LogP contribution in [0, 0.1) is 5.92 Å². The minimum Gasteiger partial charge on any atom is -0.496 e. The van der Waals surface area contributed by atoms with Gasteiger partial charge < -0.3 is 10.5 Å². The van der Waals surface area contributed by atoms with Crippen molar-refractivity contribution in [3.63, 3.8) is 0 Å². The number of aryl methyl sites for hydroxylation is 1. The number of hydrogen-bond acceptors (Lipinski definition) is 2. The molecule has 1 atom stereocenters. The maximum absolute atomic E-state index is 6.10. The molecule has 2 rings (SSSR count). The first-order valence-corrected chi connectivity index (χ1v) is 7.67. The molecule has 0 aliphatic heterocycles. The summed E-state index contributed by atoms with van der Waals surface area (Å²) in [5.74, 6) is 2.21. The second kappa shape index (κ2) is 6.95. The molecule has 1 aliphatic carbocycles. The molecule has 2 N–H and O–H groups in total. The lowest BCUT2D eigenvalue weighted by Crippen LogP contribution is -2.24. The topological polar surface area (TPSA) is 35.2 Å². The lowest BCUT2D eigenvalue weighted by Gasteiger charge is -2.31. The van der Waals surface area contributed by atoms with E-state index in [4.69, 9.17) is 10.5 Å². The molecular weight excluding hydrogens is 234 g/mol. The number of methoxy groups -OCH3 is 1. The summed E-state index contributed by atoms with van der Waals surface area (Å²) < 4.78 is 5.56. The molecule has 0 spiro atoms. The summed E-state index contributed by atoms with van der Waals surface area (Å²) in [5.41, 5.74) is 8.80. The molecule has 0 saturated heterocycles. The van der Waals surface area contributed by atoms with Crippen molar-refractivity contribution in [3.05, 3.63) is 29.3 Å². The van der Waals surface area contributed by atoms with Gasteiger partial charge in [0.15, 0.2) is 0 Å². The average Bonchev–Trinajstić information content (AvgIpc) is 2.49. The highest BCUT2D eigenvalue weighted by molar-refractivity contribution is 5.40. The number of ether oxygens (including phenoxy) is 1. The first kappa shape index (κ1) is 14.4. The van der Waals surface area contributed by atoms with Gasteiger partial charge in [-0.1, -0.05) is 38.3 Å². The Morgan fingerprint density at radius 3 is 2.58 bits per heavy atom. The van der Waals surface area contributed by atoms with Crippen molar-refractivity contribution >= 4 is 0 Å². The molecule has 0 radical (unpaired) electrons. The average molecular weight is 261 g/mol. The zero-order valence-corrected chi connectivity index (χ0v) is 12.3. The predicted octanol–water partition coefficient (Wildman–Crippen LogP) is 3.88. The van der Waals surface area contributed by atoms with Gasteiger partial charge in [0.1, 0.15) is 5.75 Å². The third-order valence-electron chi connectivity index (χ3n) is 4.57. The van der Waals surface area contributed by atoms with Gasteiger partial charge in [0.05, 0.1) is 7.11 Å². The third-order valence-corrected chi connectivity index (χ3v) is 4.57. The number of hydrogen-bond donors (Lipinski definition) is 1. The minimum atomic E-state index is 0.460. The van der Waals surface area contributed by atoms with E-state index in [2.05, 4.69) is 25.1 Å². The van der Waals surface area contributed by atoms with Crippen molar-refractivity contribution in [1.82, 2.24) is 0 Å². The molecule has 0 aromatic heterocycles. The Hall–Kier alpha value is -1.02. The van der Waals surface area contributed by atoms with Gasteiger partial charge >= 0.3 is 0 Å². The Morgan fingerprint density at radius 2 is 2.00 bits per heavy atom. The first-order valence-electron chi connectivity index (χ1n) is 7.67. The standard InChI is InChI=1S/C17H27NO/c1-3-13-9-10-17(19-2)15(11-13)16(12-18)14-7-5-4-6-8-14/h9-11,14,16H,3-8,12,18H2,1-2H3. The molecule has 2 heteroatoms. The molecule has 2 nitrogen and oxygen atoms in total. The van der Waals surface area contributed by atoms with Crippen molar-refractivity contribution in [2.24, 2.45) is 11.7 Å². The van der Waals surface area contributed by atoms with E-state index in [9.17, 15) is 0 Å². The van der Waals surface area contributed by atoms with Crippen LogP contribution in [-0.2, 0) is 6.42 Å². The second-order valence-electron chi connectivity index (χ2n) is 5.67. The van der Waals surface area contributed by atoms with E-state index in [1.54, 1.807) is 7.11 Å². The second-order valence-corrected chi connectivity index (χ2v) is 5.67. The Balaban J connectivity index is 2.29. The lowest BCUT2D eigenvalue weighted by molar-refractivity contribution is 0.300. The molecule has 0 bridgehead atoms. The highest BCUT2D eigenvalue weighted by Crippen LogP contribution is 2.39. The summed E-state index contributed by atoms with van der Waals surface area (Å²) in [6, 6.07) is 6.58. The van der Waals surface area contributed by atoms with Crippen molar-refractivity contribution in [1.29, 1.82) is 0 Å². The summed E-state index contributed by atoms with van der Waals surface area (Å²) in [6.07, 6.45) is 7.82. The van der Waals surface area contributed by atoms with Gasteiger partial charge in [-0.25, -0.2) is 0 Å². The van der Waals surface area contributed by atoms with Crippen LogP contribution in [0.15, 0.2) is 18.2 Å². The highest BCUT2D eigenvalue weighted by atomic mass is 16.5. The zero-order valence-electron chi connectivity index (χ0n) is 12.3. The fourth-order valence-corrected chi connectivity index (χ4v) is 3.40. The van der Waals surface area contributed by atoms with Crippen molar-refractivity contribution in [2.75, 3.05) is 13.7 Å².